The first-order valence-corrected chi connectivity index (χ1v) is 23.6. The average Bonchev–Trinajstić information content (AvgIpc) is 3.33. The van der Waals surface area contributed by atoms with Gasteiger partial charge in [0.25, 0.3) is 0 Å². The fourth-order valence-electron chi connectivity index (χ4n) is 8.42. The Balaban J connectivity index is 0.0000107. The molecule has 0 spiro atoms. The number of aromatic nitrogens is 2. The molecule has 1 aromatic heterocycles. The molecule has 0 radical (unpaired) electrons. The first-order chi connectivity index (χ1) is 33.2. The van der Waals surface area contributed by atoms with Crippen LogP contribution in [0.1, 0.15) is 104 Å². The molecule has 4 amide bonds. The van der Waals surface area contributed by atoms with Crippen LogP contribution in [0.2, 0.25) is 0 Å². The number of likely N-dealkylation sites (N-methyl/N-ethyl adjacent to an activating group) is 1. The van der Waals surface area contributed by atoms with Crippen LogP contribution >= 0.6 is 13.5 Å². The molecular formula is C52H67N9O8S. The second-order valence-corrected chi connectivity index (χ2v) is 17.4. The number of fused-ring (bicyclic) bond motifs is 5. The monoisotopic (exact) mass is 977 g/mol. The van der Waals surface area contributed by atoms with Crippen molar-refractivity contribution in [2.45, 2.75) is 97.1 Å². The molecule has 1 aliphatic heterocycles. The number of ketones is 3. The standard InChI is InChI=1S/C52H65N9O8.H2S/c1-5-6-7-9-34-11-14-36(15-12-34)49-58-31-41(33(3)59-49)44(63)30-38(19-23-57-52(56)67)51(66)61(4)48-37-16-18-47(69-25-22-55)40(29-37)39-27-35(13-17-46(39)68-24-21-54)28-42(43(62)10-8-20-53)60-50(65)32(2)26-45(48)64;/h11-18,27,29,31-32,38,42,48H,5-10,19,21-26,28,30,54-55H2,1-4H3,(H,60,65)(H3,56,57,67);1H2/t32-,38-,42+,48+;/m1./s1. The van der Waals surface area contributed by atoms with Gasteiger partial charge in [0.15, 0.2) is 23.2 Å². The summed E-state index contributed by atoms with van der Waals surface area (Å²) >= 11 is 0. The number of Topliss-reactive ketones (excluding diaryl/α,β-unsaturated/α-hetero) is 3. The SMILES string of the molecule is CCCCCc1ccc(-c2ncc(C(=O)C[C@@H](CCNC(N)=O)C(=O)N(C)[C@@H]3C(=O)C[C@@H](C)C(=O)N[C@H](C(=O)CCC#N)Cc4ccc(OCCN)c(c4)-c4cc3ccc4OCCN)c(C)n2)cc1.S. The second-order valence-electron chi connectivity index (χ2n) is 17.4. The summed E-state index contributed by atoms with van der Waals surface area (Å²) in [5, 5.41) is 14.6. The molecule has 8 N–H and O–H groups in total. The zero-order valence-corrected chi connectivity index (χ0v) is 41.6. The van der Waals surface area contributed by atoms with Crippen molar-refractivity contribution in [1.29, 1.82) is 5.26 Å². The maximum atomic E-state index is 14.9. The Morgan fingerprint density at radius 3 is 2.26 bits per heavy atom. The van der Waals surface area contributed by atoms with Crippen molar-refractivity contribution in [3.63, 3.8) is 0 Å². The Kier molecular flexibility index (Phi) is 22.0. The molecular weight excluding hydrogens is 911 g/mol. The van der Waals surface area contributed by atoms with Crippen molar-refractivity contribution in [1.82, 2.24) is 25.5 Å². The number of nitrogens with one attached hydrogen (secondary N) is 2. The number of rotatable bonds is 22. The minimum atomic E-state index is -1.31. The number of aryl methyl sites for hydroxylation is 2. The number of nitriles is 1. The summed E-state index contributed by atoms with van der Waals surface area (Å²) in [6.07, 6.45) is 5.06. The summed E-state index contributed by atoms with van der Waals surface area (Å²) in [5.74, 6) is -3.25. The van der Waals surface area contributed by atoms with Gasteiger partial charge in [-0.1, -0.05) is 63.1 Å². The van der Waals surface area contributed by atoms with Gasteiger partial charge >= 0.3 is 6.03 Å². The molecule has 3 aromatic carbocycles. The lowest BCUT2D eigenvalue weighted by molar-refractivity contribution is -0.142. The van der Waals surface area contributed by atoms with E-state index in [-0.39, 0.29) is 96.2 Å². The van der Waals surface area contributed by atoms with Gasteiger partial charge in [-0.3, -0.25) is 24.0 Å². The number of ether oxygens (including phenoxy) is 2. The number of nitrogens with two attached hydrogens (primary N) is 3. The highest BCUT2D eigenvalue weighted by atomic mass is 32.1. The lowest BCUT2D eigenvalue weighted by atomic mass is 9.88. The van der Waals surface area contributed by atoms with Crippen molar-refractivity contribution in [2.24, 2.45) is 29.0 Å². The van der Waals surface area contributed by atoms with Gasteiger partial charge in [-0.05, 0) is 73.6 Å². The molecule has 0 unspecified atom stereocenters. The second kappa shape index (κ2) is 27.5. The molecule has 2 heterocycles. The first-order valence-electron chi connectivity index (χ1n) is 23.6. The van der Waals surface area contributed by atoms with Crippen LogP contribution in [0.4, 0.5) is 4.79 Å². The maximum absolute atomic E-state index is 14.9. The highest BCUT2D eigenvalue weighted by molar-refractivity contribution is 7.59. The van der Waals surface area contributed by atoms with Crippen molar-refractivity contribution in [2.75, 3.05) is 39.9 Å². The fraction of sp³-hybridized carbons (Fsp3) is 0.442. The fourth-order valence-corrected chi connectivity index (χ4v) is 8.42. The summed E-state index contributed by atoms with van der Waals surface area (Å²) in [5.41, 5.74) is 21.8. The van der Waals surface area contributed by atoms with E-state index in [1.165, 1.54) is 23.7 Å². The van der Waals surface area contributed by atoms with Crippen LogP contribution in [-0.2, 0) is 32.0 Å². The number of amides is 4. The minimum absolute atomic E-state index is 0. The van der Waals surface area contributed by atoms with Gasteiger partial charge in [-0.25, -0.2) is 14.8 Å². The van der Waals surface area contributed by atoms with E-state index in [0.29, 0.717) is 45.3 Å². The van der Waals surface area contributed by atoms with Crippen LogP contribution in [-0.4, -0.2) is 96.0 Å². The van der Waals surface area contributed by atoms with Crippen molar-refractivity contribution < 1.29 is 38.2 Å². The predicted octanol–water partition coefficient (Wildman–Crippen LogP) is 5.60. The van der Waals surface area contributed by atoms with E-state index >= 15 is 0 Å². The largest absolute Gasteiger partial charge is 0.492 e. The highest BCUT2D eigenvalue weighted by Crippen LogP contribution is 2.41. The number of carbonyl (C=O) groups is 6. The normalized spacial score (nSPS) is 16.0. The summed E-state index contributed by atoms with van der Waals surface area (Å²) in [7, 11) is 1.45. The van der Waals surface area contributed by atoms with Gasteiger partial charge in [0.05, 0.1) is 23.4 Å². The van der Waals surface area contributed by atoms with Crippen LogP contribution in [0.3, 0.4) is 0 Å². The van der Waals surface area contributed by atoms with Gasteiger partial charge in [-0.2, -0.15) is 18.8 Å². The molecule has 0 saturated heterocycles. The van der Waals surface area contributed by atoms with Crippen LogP contribution in [0.25, 0.3) is 22.5 Å². The predicted molar refractivity (Wildman–Crippen MR) is 271 cm³/mol. The Morgan fingerprint density at radius 2 is 1.63 bits per heavy atom. The molecule has 0 fully saturated rings. The third-order valence-electron chi connectivity index (χ3n) is 12.2. The number of benzene rings is 3. The summed E-state index contributed by atoms with van der Waals surface area (Å²) in [6.45, 7) is 6.05. The third-order valence-corrected chi connectivity index (χ3v) is 12.2. The minimum Gasteiger partial charge on any atom is -0.492 e. The summed E-state index contributed by atoms with van der Waals surface area (Å²) in [6, 6.07) is 17.2. The van der Waals surface area contributed by atoms with Crippen molar-refractivity contribution in [3.8, 4) is 40.1 Å². The lowest BCUT2D eigenvalue weighted by Gasteiger charge is -2.32. The van der Waals surface area contributed by atoms with Gasteiger partial charge in [0.2, 0.25) is 11.8 Å². The third kappa shape index (κ3) is 15.2. The van der Waals surface area contributed by atoms with Gasteiger partial charge in [0, 0.05) is 87.1 Å². The molecule has 17 nitrogen and oxygen atoms in total. The number of primary amides is 1. The molecule has 70 heavy (non-hydrogen) atoms. The van der Waals surface area contributed by atoms with Crippen molar-refractivity contribution >= 4 is 48.7 Å². The molecule has 5 rings (SSSR count). The molecule has 4 aromatic rings. The Hall–Kier alpha value is -6.68. The molecule has 1 aliphatic rings. The first kappa shape index (κ1) is 55.9. The summed E-state index contributed by atoms with van der Waals surface area (Å²) < 4.78 is 12.3. The molecule has 0 saturated carbocycles. The zero-order valence-electron chi connectivity index (χ0n) is 40.6. The number of carbonyl (C=O) groups excluding carboxylic acids is 6. The van der Waals surface area contributed by atoms with E-state index < -0.39 is 53.3 Å². The highest BCUT2D eigenvalue weighted by Gasteiger charge is 2.36. The quantitative estimate of drug-likeness (QED) is 0.0475. The topological polar surface area (TPSA) is 276 Å². The lowest BCUT2D eigenvalue weighted by Crippen LogP contribution is -2.46. The molecule has 4 bridgehead atoms. The molecule has 18 heteroatoms. The van der Waals surface area contributed by atoms with E-state index in [4.69, 9.17) is 26.7 Å². The molecule has 0 aliphatic carbocycles. The van der Waals surface area contributed by atoms with E-state index in [2.05, 4.69) is 39.7 Å². The molecule has 374 valence electrons. The number of nitrogens with zero attached hydrogens (tertiary/aromatic N) is 4. The van der Waals surface area contributed by atoms with E-state index in [9.17, 15) is 34.0 Å². The zero-order chi connectivity index (χ0) is 50.0. The molecule has 4 atom stereocenters. The van der Waals surface area contributed by atoms with E-state index in [1.807, 2.05) is 18.2 Å². The van der Waals surface area contributed by atoms with Crippen LogP contribution in [0, 0.1) is 30.1 Å². The summed E-state index contributed by atoms with van der Waals surface area (Å²) in [4.78, 5) is 93.6. The Morgan fingerprint density at radius 1 is 0.957 bits per heavy atom. The Labute approximate surface area is 417 Å². The number of urea groups is 1. The van der Waals surface area contributed by atoms with Gasteiger partial charge in [-0.15, -0.1) is 0 Å². The maximum Gasteiger partial charge on any atom is 0.312 e. The van der Waals surface area contributed by atoms with E-state index in [1.54, 1.807) is 50.2 Å². The Bertz CT molecular complexity index is 2510. The van der Waals surface area contributed by atoms with Gasteiger partial charge in [0.1, 0.15) is 30.8 Å². The average molecular weight is 978 g/mol. The van der Waals surface area contributed by atoms with E-state index in [0.717, 1.165) is 31.2 Å². The number of hydrogen-bond donors (Lipinski definition) is 5. The van der Waals surface area contributed by atoms with Gasteiger partial charge < -0.3 is 42.2 Å². The number of hydrogen-bond acceptors (Lipinski definition) is 13. The van der Waals surface area contributed by atoms with Crippen molar-refractivity contribution in [3.05, 3.63) is 94.8 Å². The number of unbranched alkanes of at least 4 members (excludes halogenated alkanes) is 2. The smallest absolute Gasteiger partial charge is 0.312 e. The van der Waals surface area contributed by atoms with Crippen LogP contribution in [0.5, 0.6) is 11.5 Å². The van der Waals surface area contributed by atoms with Crippen LogP contribution < -0.4 is 37.3 Å². The van der Waals surface area contributed by atoms with Crippen LogP contribution in [0.15, 0.2) is 66.9 Å².